The van der Waals surface area contributed by atoms with Crippen LogP contribution in [0.4, 0.5) is 9.18 Å². The first-order valence-corrected chi connectivity index (χ1v) is 12.8. The third-order valence-electron chi connectivity index (χ3n) is 7.51. The zero-order valence-electron chi connectivity index (χ0n) is 22.2. The van der Waals surface area contributed by atoms with E-state index in [9.17, 15) is 24.0 Å². The number of fused-ring (bicyclic) bond motifs is 2. The summed E-state index contributed by atoms with van der Waals surface area (Å²) in [6.07, 6.45) is 1.22. The van der Waals surface area contributed by atoms with Gasteiger partial charge in [-0.3, -0.25) is 14.5 Å². The standard InChI is InChI=1S/C27H36FN5O4/c1-26(2,3)37-25(36)30-21(23(34)32-12-6-7-19(32)14-29)16-31-15-20-13-22(31)24(35)33(20)27(4,5)17-8-10-18(28)11-9-17/h8-11,19-22H,6-7,12-13,15-16H2,1-5H3,(H,30,36)/t19-,20+,21-,22+/m0/s1. The molecule has 0 radical (unpaired) electrons. The molecule has 0 aromatic heterocycles. The lowest BCUT2D eigenvalue weighted by Crippen LogP contribution is -2.61. The highest BCUT2D eigenvalue weighted by atomic mass is 19.1. The van der Waals surface area contributed by atoms with Crippen molar-refractivity contribution in [3.8, 4) is 6.07 Å². The normalized spacial score (nSPS) is 24.8. The molecule has 200 valence electrons. The molecule has 0 unspecified atom stereocenters. The molecule has 3 saturated heterocycles. The molecule has 4 atom stereocenters. The number of hydrogen-bond acceptors (Lipinski definition) is 6. The SMILES string of the molecule is CC(C)(C)OC(=O)N[C@@H](CN1C[C@H]2C[C@@H]1C(=O)N2C(C)(C)c1ccc(F)cc1)C(=O)N1CCC[C@H]1C#N. The Morgan fingerprint density at radius 2 is 1.89 bits per heavy atom. The Bertz CT molecular complexity index is 1090. The number of rotatable bonds is 6. The molecule has 1 N–H and O–H groups in total. The predicted molar refractivity (Wildman–Crippen MR) is 134 cm³/mol. The van der Waals surface area contributed by atoms with Crippen LogP contribution in [0, 0.1) is 17.1 Å². The lowest BCUT2D eigenvalue weighted by Gasteiger charge is -2.44. The summed E-state index contributed by atoms with van der Waals surface area (Å²) in [6, 6.07) is 6.39. The summed E-state index contributed by atoms with van der Waals surface area (Å²) in [6.45, 7) is 10.3. The number of benzene rings is 1. The minimum Gasteiger partial charge on any atom is -0.444 e. The lowest BCUT2D eigenvalue weighted by molar-refractivity contribution is -0.144. The fourth-order valence-electron chi connectivity index (χ4n) is 5.83. The van der Waals surface area contributed by atoms with Crippen LogP contribution in [0.3, 0.4) is 0 Å². The Morgan fingerprint density at radius 1 is 1.22 bits per heavy atom. The van der Waals surface area contributed by atoms with Crippen LogP contribution in [-0.4, -0.2) is 82.0 Å². The number of piperazine rings is 1. The Balaban J connectivity index is 1.50. The van der Waals surface area contributed by atoms with Crippen LogP contribution in [0.2, 0.25) is 0 Å². The molecule has 2 bridgehead atoms. The molecule has 0 spiro atoms. The van der Waals surface area contributed by atoms with E-state index in [1.54, 1.807) is 32.9 Å². The number of carbonyl (C=O) groups is 3. The highest BCUT2D eigenvalue weighted by molar-refractivity contribution is 5.88. The molecule has 3 heterocycles. The van der Waals surface area contributed by atoms with Gasteiger partial charge in [0.25, 0.3) is 0 Å². The number of hydrogen-bond donors (Lipinski definition) is 1. The molecule has 9 nitrogen and oxygen atoms in total. The van der Waals surface area contributed by atoms with Crippen molar-refractivity contribution in [1.82, 2.24) is 20.0 Å². The van der Waals surface area contributed by atoms with Gasteiger partial charge in [-0.05, 0) is 71.6 Å². The molecule has 3 aliphatic heterocycles. The van der Waals surface area contributed by atoms with E-state index in [0.717, 1.165) is 12.0 Å². The summed E-state index contributed by atoms with van der Waals surface area (Å²) in [7, 11) is 0. The molecular weight excluding hydrogens is 477 g/mol. The molecule has 1 aromatic rings. The molecule has 3 aliphatic rings. The maximum absolute atomic E-state index is 13.5. The second kappa shape index (κ2) is 9.93. The van der Waals surface area contributed by atoms with Crippen molar-refractivity contribution < 1.29 is 23.5 Å². The molecule has 10 heteroatoms. The number of alkyl carbamates (subject to hydrolysis) is 1. The zero-order valence-corrected chi connectivity index (χ0v) is 22.2. The average Bonchev–Trinajstić information content (AvgIpc) is 3.51. The van der Waals surface area contributed by atoms with E-state index < -0.39 is 35.4 Å². The van der Waals surface area contributed by atoms with Crippen LogP contribution < -0.4 is 5.32 Å². The van der Waals surface area contributed by atoms with E-state index in [4.69, 9.17) is 4.74 Å². The summed E-state index contributed by atoms with van der Waals surface area (Å²) in [5.74, 6) is -0.719. The maximum Gasteiger partial charge on any atom is 0.408 e. The Kier molecular flexibility index (Phi) is 7.21. The molecule has 3 fully saturated rings. The van der Waals surface area contributed by atoms with Crippen molar-refractivity contribution in [2.75, 3.05) is 19.6 Å². The van der Waals surface area contributed by atoms with Crippen LogP contribution in [0.15, 0.2) is 24.3 Å². The van der Waals surface area contributed by atoms with Crippen molar-refractivity contribution in [3.05, 3.63) is 35.6 Å². The summed E-state index contributed by atoms with van der Waals surface area (Å²) in [5, 5.41) is 12.2. The van der Waals surface area contributed by atoms with E-state index in [1.807, 2.05) is 23.6 Å². The van der Waals surface area contributed by atoms with E-state index in [2.05, 4.69) is 11.4 Å². The number of halogens is 1. The molecule has 0 saturated carbocycles. The average molecular weight is 514 g/mol. The lowest BCUT2D eigenvalue weighted by atomic mass is 9.91. The monoisotopic (exact) mass is 513 g/mol. The van der Waals surface area contributed by atoms with Crippen LogP contribution in [0.1, 0.15) is 59.4 Å². The van der Waals surface area contributed by atoms with Crippen LogP contribution in [-0.2, 0) is 19.9 Å². The largest absolute Gasteiger partial charge is 0.444 e. The minimum atomic E-state index is -0.950. The Labute approximate surface area is 217 Å². The highest BCUT2D eigenvalue weighted by Gasteiger charge is 2.55. The van der Waals surface area contributed by atoms with Crippen molar-refractivity contribution >= 4 is 17.9 Å². The first kappa shape index (κ1) is 26.9. The first-order valence-electron chi connectivity index (χ1n) is 12.8. The number of nitrogens with zero attached hydrogens (tertiary/aromatic N) is 4. The second-order valence-corrected chi connectivity index (χ2v) is 11.7. The number of nitriles is 1. The van der Waals surface area contributed by atoms with Crippen molar-refractivity contribution in [2.24, 2.45) is 0 Å². The summed E-state index contributed by atoms with van der Waals surface area (Å²) >= 11 is 0. The van der Waals surface area contributed by atoms with Gasteiger partial charge in [0.15, 0.2) is 0 Å². The van der Waals surface area contributed by atoms with Gasteiger partial charge in [0, 0.05) is 25.7 Å². The fraction of sp³-hybridized carbons (Fsp3) is 0.630. The summed E-state index contributed by atoms with van der Waals surface area (Å²) in [4.78, 5) is 45.0. The van der Waals surface area contributed by atoms with Crippen LogP contribution in [0.25, 0.3) is 0 Å². The highest BCUT2D eigenvalue weighted by Crippen LogP contribution is 2.41. The Morgan fingerprint density at radius 3 is 2.49 bits per heavy atom. The molecule has 1 aromatic carbocycles. The summed E-state index contributed by atoms with van der Waals surface area (Å²) < 4.78 is 18.9. The van der Waals surface area contributed by atoms with Gasteiger partial charge in [0.05, 0.1) is 17.6 Å². The van der Waals surface area contributed by atoms with Gasteiger partial charge in [0.1, 0.15) is 23.5 Å². The minimum absolute atomic E-state index is 0.0508. The van der Waals surface area contributed by atoms with Gasteiger partial charge < -0.3 is 19.9 Å². The van der Waals surface area contributed by atoms with Crippen molar-refractivity contribution in [2.45, 2.75) is 89.2 Å². The molecule has 3 amide bonds. The zero-order chi connectivity index (χ0) is 27.1. The van der Waals surface area contributed by atoms with Gasteiger partial charge >= 0.3 is 6.09 Å². The molecular formula is C27H36FN5O4. The number of carbonyl (C=O) groups excluding carboxylic acids is 3. The fourth-order valence-corrected chi connectivity index (χ4v) is 5.83. The molecule has 0 aliphatic carbocycles. The van der Waals surface area contributed by atoms with E-state index >= 15 is 0 Å². The van der Waals surface area contributed by atoms with Crippen molar-refractivity contribution in [3.63, 3.8) is 0 Å². The van der Waals surface area contributed by atoms with Gasteiger partial charge in [0.2, 0.25) is 11.8 Å². The number of ether oxygens (including phenoxy) is 1. The topological polar surface area (TPSA) is 106 Å². The smallest absolute Gasteiger partial charge is 0.408 e. The Hall–Kier alpha value is -3.19. The third-order valence-corrected chi connectivity index (χ3v) is 7.51. The summed E-state index contributed by atoms with van der Waals surface area (Å²) in [5.41, 5.74) is -0.525. The van der Waals surface area contributed by atoms with E-state index in [-0.39, 0.29) is 30.2 Å². The predicted octanol–water partition coefficient (Wildman–Crippen LogP) is 2.75. The van der Waals surface area contributed by atoms with Crippen LogP contribution in [0.5, 0.6) is 0 Å². The van der Waals surface area contributed by atoms with E-state index in [0.29, 0.717) is 25.9 Å². The third kappa shape index (κ3) is 5.42. The van der Waals surface area contributed by atoms with Crippen LogP contribution >= 0.6 is 0 Å². The maximum atomic E-state index is 13.5. The second-order valence-electron chi connectivity index (χ2n) is 11.7. The van der Waals surface area contributed by atoms with E-state index in [1.165, 1.54) is 17.0 Å². The van der Waals surface area contributed by atoms with Gasteiger partial charge in [-0.2, -0.15) is 5.26 Å². The van der Waals surface area contributed by atoms with Gasteiger partial charge in [-0.25, -0.2) is 9.18 Å². The quantitative estimate of drug-likeness (QED) is 0.627. The number of amides is 3. The number of nitrogens with one attached hydrogen (secondary N) is 1. The van der Waals surface area contributed by atoms with Gasteiger partial charge in [-0.15, -0.1) is 0 Å². The van der Waals surface area contributed by atoms with Crippen molar-refractivity contribution in [1.29, 1.82) is 5.26 Å². The molecule has 4 rings (SSSR count). The van der Waals surface area contributed by atoms with Gasteiger partial charge in [-0.1, -0.05) is 12.1 Å². The number of likely N-dealkylation sites (tertiary alicyclic amines) is 3. The first-order chi connectivity index (χ1) is 17.3. The molecule has 37 heavy (non-hydrogen) atoms.